The molecule has 4 heterocycles. The normalized spacial score (nSPS) is 13.8. The summed E-state index contributed by atoms with van der Waals surface area (Å²) in [5.74, 6) is -0.439. The largest absolute Gasteiger partial charge is 0.351 e. The van der Waals surface area contributed by atoms with Gasteiger partial charge in [-0.1, -0.05) is 18.3 Å². The molecule has 1 aliphatic heterocycles. The minimum absolute atomic E-state index is 0.146. The van der Waals surface area contributed by atoms with Crippen molar-refractivity contribution in [2.45, 2.75) is 19.8 Å². The van der Waals surface area contributed by atoms with Crippen molar-refractivity contribution < 1.29 is 9.59 Å². The van der Waals surface area contributed by atoms with Crippen LogP contribution < -0.4 is 10.6 Å². The number of hydrogen-bond donors (Lipinski definition) is 4. The van der Waals surface area contributed by atoms with Crippen molar-refractivity contribution in [1.82, 2.24) is 30.0 Å². The summed E-state index contributed by atoms with van der Waals surface area (Å²) >= 11 is 5.38. The molecule has 0 unspecified atom stereocenters. The lowest BCUT2D eigenvalue weighted by Gasteiger charge is -2.15. The van der Waals surface area contributed by atoms with Gasteiger partial charge in [-0.05, 0) is 62.7 Å². The zero-order chi connectivity index (χ0) is 25.2. The number of aromatic amines is 2. The second-order valence-electron chi connectivity index (χ2n) is 9.23. The Morgan fingerprint density at radius 3 is 2.67 bits per heavy atom. The maximum atomic E-state index is 13.1. The van der Waals surface area contributed by atoms with Gasteiger partial charge < -0.3 is 20.5 Å². The lowest BCUT2D eigenvalue weighted by Crippen LogP contribution is -2.33. The number of H-pyrrole nitrogens is 2. The van der Waals surface area contributed by atoms with Crippen LogP contribution in [0.1, 0.15) is 39.1 Å². The molecule has 5 rings (SSSR count). The average molecular weight is 504 g/mol. The van der Waals surface area contributed by atoms with Crippen LogP contribution in [0.3, 0.4) is 0 Å². The van der Waals surface area contributed by atoms with Crippen LogP contribution in [0.4, 0.5) is 5.69 Å². The molecule has 0 bridgehead atoms. The molecule has 2 amide bonds. The highest BCUT2D eigenvalue weighted by atomic mass is 32.1. The number of aryl methyl sites for hydroxylation is 2. The summed E-state index contributed by atoms with van der Waals surface area (Å²) in [5, 5.41) is 9.77. The predicted octanol–water partition coefficient (Wildman–Crippen LogP) is 4.01. The second-order valence-corrected chi connectivity index (χ2v) is 9.64. The highest BCUT2D eigenvalue weighted by Crippen LogP contribution is 2.25. The van der Waals surface area contributed by atoms with E-state index in [1.807, 2.05) is 32.3 Å². The molecule has 1 aliphatic rings. The topological polar surface area (TPSA) is 111 Å². The summed E-state index contributed by atoms with van der Waals surface area (Å²) in [6.45, 7) is 5.55. The van der Waals surface area contributed by atoms with Crippen molar-refractivity contribution in [2.75, 3.05) is 31.5 Å². The number of fused-ring (bicyclic) bond motifs is 1. The quantitative estimate of drug-likeness (QED) is 0.285. The first-order valence-corrected chi connectivity index (χ1v) is 12.5. The summed E-state index contributed by atoms with van der Waals surface area (Å²) in [7, 11) is 1.87. The zero-order valence-electron chi connectivity index (χ0n) is 20.4. The summed E-state index contributed by atoms with van der Waals surface area (Å²) in [4.78, 5) is 35.7. The number of nitrogens with one attached hydrogen (secondary N) is 4. The van der Waals surface area contributed by atoms with Gasteiger partial charge in [0.15, 0.2) is 0 Å². The van der Waals surface area contributed by atoms with E-state index in [0.717, 1.165) is 41.8 Å². The lowest BCUT2D eigenvalue weighted by atomic mass is 10.1. The Hall–Kier alpha value is -3.76. The number of anilines is 1. The molecule has 36 heavy (non-hydrogen) atoms. The number of benzene rings is 1. The molecule has 4 aromatic rings. The Kier molecular flexibility index (Phi) is 6.71. The Labute approximate surface area is 213 Å². The first-order chi connectivity index (χ1) is 17.4. The molecule has 4 N–H and O–H groups in total. The van der Waals surface area contributed by atoms with Gasteiger partial charge in [-0.3, -0.25) is 19.4 Å². The summed E-state index contributed by atoms with van der Waals surface area (Å²) < 4.78 is 2.41. The third-order valence-corrected chi connectivity index (χ3v) is 6.84. The smallest absolute Gasteiger partial charge is 0.257 e. The zero-order valence-corrected chi connectivity index (χ0v) is 21.2. The molecule has 3 aromatic heterocycles. The lowest BCUT2D eigenvalue weighted by molar-refractivity contribution is 0.0948. The Balaban J connectivity index is 1.29. The van der Waals surface area contributed by atoms with E-state index < -0.39 is 0 Å². The van der Waals surface area contributed by atoms with E-state index in [4.69, 9.17) is 12.2 Å². The van der Waals surface area contributed by atoms with Crippen molar-refractivity contribution in [3.8, 4) is 11.3 Å². The first kappa shape index (κ1) is 24.0. The summed E-state index contributed by atoms with van der Waals surface area (Å²) in [5.41, 5.74) is 4.76. The van der Waals surface area contributed by atoms with Gasteiger partial charge in [0.2, 0.25) is 0 Å². The number of likely N-dealkylation sites (tertiary alicyclic amines) is 1. The molecular weight excluding hydrogens is 474 g/mol. The molecule has 1 aromatic carbocycles. The van der Waals surface area contributed by atoms with Crippen molar-refractivity contribution in [3.05, 3.63) is 64.1 Å². The van der Waals surface area contributed by atoms with Crippen LogP contribution in [0.5, 0.6) is 0 Å². The summed E-state index contributed by atoms with van der Waals surface area (Å²) in [6.07, 6.45) is 5.89. The highest BCUT2D eigenvalue weighted by molar-refractivity contribution is 7.71. The predicted molar refractivity (Wildman–Crippen MR) is 143 cm³/mol. The number of hydrogen-bond acceptors (Lipinski definition) is 5. The molecule has 1 saturated heterocycles. The standard InChI is InChI=1S/C26H29N7O2S/c1-16-5-6-17(24(34)27-7-10-33-8-3-4-9-33)12-21(16)30-25(35)19-11-18-13-22(29-23(18)28-14-19)20-15-32(2)31-26(20)36/h5-6,11-15H,3-4,7-10H2,1-2H3,(H,27,34)(H,28,29)(H,30,35)(H,31,36). The molecule has 186 valence electrons. The van der Waals surface area contributed by atoms with Crippen LogP contribution in [-0.2, 0) is 7.05 Å². The maximum Gasteiger partial charge on any atom is 0.257 e. The maximum absolute atomic E-state index is 13.1. The molecule has 0 spiro atoms. The minimum Gasteiger partial charge on any atom is -0.351 e. The van der Waals surface area contributed by atoms with E-state index in [1.54, 1.807) is 22.9 Å². The van der Waals surface area contributed by atoms with Crippen molar-refractivity contribution in [2.24, 2.45) is 7.05 Å². The number of rotatable bonds is 7. The molecule has 10 heteroatoms. The average Bonchev–Trinajstić information content (AvgIpc) is 3.59. The van der Waals surface area contributed by atoms with Gasteiger partial charge in [0.25, 0.3) is 11.8 Å². The molecule has 0 atom stereocenters. The van der Waals surface area contributed by atoms with Gasteiger partial charge in [-0.2, -0.15) is 0 Å². The first-order valence-electron chi connectivity index (χ1n) is 12.0. The van der Waals surface area contributed by atoms with Crippen LogP contribution in [0, 0.1) is 11.6 Å². The number of carbonyl (C=O) groups is 2. The van der Waals surface area contributed by atoms with Crippen LogP contribution in [0.25, 0.3) is 22.3 Å². The minimum atomic E-state index is -0.293. The van der Waals surface area contributed by atoms with Gasteiger partial charge >= 0.3 is 0 Å². The molecule has 1 fully saturated rings. The fourth-order valence-electron chi connectivity index (χ4n) is 4.51. The fraction of sp³-hybridized carbons (Fsp3) is 0.308. The molecular formula is C26H29N7O2S. The van der Waals surface area contributed by atoms with E-state index in [0.29, 0.717) is 33.6 Å². The van der Waals surface area contributed by atoms with Crippen LogP contribution in [0.15, 0.2) is 42.7 Å². The fourth-order valence-corrected chi connectivity index (χ4v) is 4.82. The SMILES string of the molecule is Cc1ccc(C(=O)NCCN2CCCC2)cc1NC(=O)c1cnc2[nH]c(-c3cn(C)[nH]c3=S)cc2c1. The van der Waals surface area contributed by atoms with Gasteiger partial charge in [0.1, 0.15) is 10.3 Å². The Morgan fingerprint density at radius 2 is 1.92 bits per heavy atom. The van der Waals surface area contributed by atoms with Crippen LogP contribution in [0.2, 0.25) is 0 Å². The van der Waals surface area contributed by atoms with E-state index in [-0.39, 0.29) is 11.8 Å². The van der Waals surface area contributed by atoms with Crippen molar-refractivity contribution >= 4 is 40.8 Å². The van der Waals surface area contributed by atoms with E-state index in [1.165, 1.54) is 19.0 Å². The number of aromatic nitrogens is 4. The van der Waals surface area contributed by atoms with Crippen molar-refractivity contribution in [3.63, 3.8) is 0 Å². The van der Waals surface area contributed by atoms with Gasteiger partial charge in [-0.15, -0.1) is 0 Å². The number of carbonyl (C=O) groups excluding carboxylic acids is 2. The van der Waals surface area contributed by atoms with E-state index >= 15 is 0 Å². The second kappa shape index (κ2) is 10.1. The van der Waals surface area contributed by atoms with Gasteiger partial charge in [0, 0.05) is 49.2 Å². The van der Waals surface area contributed by atoms with Gasteiger partial charge in [-0.25, -0.2) is 4.98 Å². The van der Waals surface area contributed by atoms with Crippen LogP contribution >= 0.6 is 12.2 Å². The monoisotopic (exact) mass is 503 g/mol. The van der Waals surface area contributed by atoms with E-state index in [2.05, 4.69) is 30.6 Å². The Morgan fingerprint density at radius 1 is 1.11 bits per heavy atom. The number of amides is 2. The molecule has 9 nitrogen and oxygen atoms in total. The highest BCUT2D eigenvalue weighted by Gasteiger charge is 2.15. The molecule has 0 saturated carbocycles. The summed E-state index contributed by atoms with van der Waals surface area (Å²) in [6, 6.07) is 9.05. The number of pyridine rings is 1. The molecule has 0 aliphatic carbocycles. The van der Waals surface area contributed by atoms with E-state index in [9.17, 15) is 9.59 Å². The molecule has 0 radical (unpaired) electrons. The van der Waals surface area contributed by atoms with Crippen LogP contribution in [-0.4, -0.2) is 62.6 Å². The third-order valence-electron chi connectivity index (χ3n) is 6.53. The number of nitrogens with zero attached hydrogens (tertiary/aromatic N) is 3. The Bertz CT molecular complexity index is 1490. The third kappa shape index (κ3) is 5.09. The van der Waals surface area contributed by atoms with Crippen molar-refractivity contribution in [1.29, 1.82) is 0 Å². The van der Waals surface area contributed by atoms with Gasteiger partial charge in [0.05, 0.1) is 16.8 Å².